The zero-order valence-corrected chi connectivity index (χ0v) is 20.9. The Morgan fingerprint density at radius 3 is 2.69 bits per heavy atom. The summed E-state index contributed by atoms with van der Waals surface area (Å²) in [5.74, 6) is 2.55. The highest BCUT2D eigenvalue weighted by atomic mass is 16.5. The van der Waals surface area contributed by atoms with E-state index in [1.165, 1.54) is 12.8 Å². The quantitative estimate of drug-likeness (QED) is 0.403. The summed E-state index contributed by atoms with van der Waals surface area (Å²) < 4.78 is 7.36. The maximum absolute atomic E-state index is 12.6. The predicted molar refractivity (Wildman–Crippen MR) is 141 cm³/mol. The van der Waals surface area contributed by atoms with Crippen molar-refractivity contribution in [2.45, 2.75) is 38.6 Å². The van der Waals surface area contributed by atoms with Crippen molar-refractivity contribution in [1.82, 2.24) is 24.8 Å². The second kappa shape index (κ2) is 10.1. The number of aryl methyl sites for hydroxylation is 1. The number of carbonyl (C=O) groups excluding carboxylic acids is 1. The molecule has 9 nitrogen and oxygen atoms in total. The van der Waals surface area contributed by atoms with E-state index in [2.05, 4.69) is 33.0 Å². The third kappa shape index (κ3) is 5.32. The van der Waals surface area contributed by atoms with Crippen LogP contribution in [0.25, 0.3) is 16.8 Å². The van der Waals surface area contributed by atoms with Gasteiger partial charge in [0.15, 0.2) is 5.65 Å². The molecular weight excluding hydrogens is 454 g/mol. The number of nitrogens with one attached hydrogen (secondary N) is 3. The van der Waals surface area contributed by atoms with Crippen molar-refractivity contribution in [3.63, 3.8) is 0 Å². The Morgan fingerprint density at radius 1 is 1.11 bits per heavy atom. The Bertz CT molecular complexity index is 1240. The molecule has 6 rings (SSSR count). The van der Waals surface area contributed by atoms with Crippen LogP contribution in [-0.2, 0) is 4.74 Å². The number of anilines is 2. The average Bonchev–Trinajstić information content (AvgIpc) is 3.82. The molecule has 1 aliphatic heterocycles. The van der Waals surface area contributed by atoms with E-state index in [1.54, 1.807) is 0 Å². The van der Waals surface area contributed by atoms with Gasteiger partial charge in [0.2, 0.25) is 0 Å². The van der Waals surface area contributed by atoms with Gasteiger partial charge < -0.3 is 20.7 Å². The number of hydrogen-bond donors (Lipinski definition) is 3. The number of morpholine rings is 1. The normalized spacial score (nSPS) is 18.4. The van der Waals surface area contributed by atoms with Gasteiger partial charge in [-0.1, -0.05) is 12.1 Å². The SMILES string of the molecule is Cc1cc(-c2cnn3c(NCCN4CCOCC4)cc(NCC4CC4)nc23)ccc1C(=O)NC1CC1. The van der Waals surface area contributed by atoms with E-state index in [1.807, 2.05) is 29.8 Å². The lowest BCUT2D eigenvalue weighted by Crippen LogP contribution is -2.39. The van der Waals surface area contributed by atoms with Crippen molar-refractivity contribution in [2.75, 3.05) is 56.6 Å². The van der Waals surface area contributed by atoms with E-state index in [4.69, 9.17) is 14.8 Å². The molecule has 0 spiro atoms. The first-order chi connectivity index (χ1) is 17.6. The average molecular weight is 490 g/mol. The molecule has 1 amide bonds. The fourth-order valence-electron chi connectivity index (χ4n) is 4.70. The fourth-order valence-corrected chi connectivity index (χ4v) is 4.70. The zero-order valence-electron chi connectivity index (χ0n) is 20.9. The lowest BCUT2D eigenvalue weighted by Gasteiger charge is -2.26. The van der Waals surface area contributed by atoms with Crippen LogP contribution in [0.15, 0.2) is 30.5 Å². The van der Waals surface area contributed by atoms with Gasteiger partial charge in [-0.3, -0.25) is 9.69 Å². The van der Waals surface area contributed by atoms with Gasteiger partial charge in [-0.05, 0) is 55.7 Å². The van der Waals surface area contributed by atoms with Crippen molar-refractivity contribution in [3.8, 4) is 11.1 Å². The molecular formula is C27H35N7O2. The summed E-state index contributed by atoms with van der Waals surface area (Å²) in [5, 5.41) is 14.9. The molecule has 3 heterocycles. The molecule has 36 heavy (non-hydrogen) atoms. The second-order valence-electron chi connectivity index (χ2n) is 10.3. The summed E-state index contributed by atoms with van der Waals surface area (Å²) in [6.45, 7) is 8.27. The summed E-state index contributed by atoms with van der Waals surface area (Å²) >= 11 is 0. The van der Waals surface area contributed by atoms with Crippen LogP contribution < -0.4 is 16.0 Å². The van der Waals surface area contributed by atoms with Gasteiger partial charge in [-0.25, -0.2) is 4.98 Å². The van der Waals surface area contributed by atoms with Crippen molar-refractivity contribution >= 4 is 23.2 Å². The Labute approximate surface area is 211 Å². The Hall–Kier alpha value is -3.17. The van der Waals surface area contributed by atoms with Gasteiger partial charge in [0.1, 0.15) is 11.6 Å². The Morgan fingerprint density at radius 2 is 1.94 bits per heavy atom. The van der Waals surface area contributed by atoms with Crippen molar-refractivity contribution in [1.29, 1.82) is 0 Å². The van der Waals surface area contributed by atoms with Crippen LogP contribution in [-0.4, -0.2) is 77.4 Å². The fraction of sp³-hybridized carbons (Fsp3) is 0.519. The maximum atomic E-state index is 12.6. The second-order valence-corrected chi connectivity index (χ2v) is 10.3. The highest BCUT2D eigenvalue weighted by Crippen LogP contribution is 2.31. The largest absolute Gasteiger partial charge is 0.379 e. The molecule has 0 bridgehead atoms. The smallest absolute Gasteiger partial charge is 0.251 e. The number of carbonyl (C=O) groups is 1. The minimum Gasteiger partial charge on any atom is -0.379 e. The van der Waals surface area contributed by atoms with E-state index < -0.39 is 0 Å². The van der Waals surface area contributed by atoms with E-state index in [0.717, 1.165) is 104 Å². The molecule has 3 fully saturated rings. The van der Waals surface area contributed by atoms with Crippen LogP contribution in [0.2, 0.25) is 0 Å². The summed E-state index contributed by atoms with van der Waals surface area (Å²) in [7, 11) is 0. The maximum Gasteiger partial charge on any atom is 0.251 e. The highest BCUT2D eigenvalue weighted by molar-refractivity contribution is 5.97. The summed E-state index contributed by atoms with van der Waals surface area (Å²) in [6.07, 6.45) is 6.61. The van der Waals surface area contributed by atoms with E-state index in [0.29, 0.717) is 6.04 Å². The first kappa shape index (κ1) is 23.2. The van der Waals surface area contributed by atoms with Crippen LogP contribution in [0, 0.1) is 12.8 Å². The molecule has 2 aliphatic carbocycles. The van der Waals surface area contributed by atoms with Crippen LogP contribution in [0.1, 0.15) is 41.6 Å². The number of hydrogen-bond acceptors (Lipinski definition) is 7. The molecule has 1 saturated heterocycles. The Kier molecular flexibility index (Phi) is 6.50. The summed E-state index contributed by atoms with van der Waals surface area (Å²) in [6, 6.07) is 8.39. The van der Waals surface area contributed by atoms with Crippen molar-refractivity contribution in [3.05, 3.63) is 41.6 Å². The number of rotatable bonds is 10. The van der Waals surface area contributed by atoms with Gasteiger partial charge in [0.05, 0.1) is 19.4 Å². The number of ether oxygens (including phenoxy) is 1. The zero-order chi connectivity index (χ0) is 24.5. The predicted octanol–water partition coefficient (Wildman–Crippen LogP) is 3.16. The molecule has 9 heteroatoms. The van der Waals surface area contributed by atoms with Crippen molar-refractivity contribution in [2.24, 2.45) is 5.92 Å². The van der Waals surface area contributed by atoms with Crippen LogP contribution in [0.3, 0.4) is 0 Å². The lowest BCUT2D eigenvalue weighted by molar-refractivity contribution is 0.0398. The molecule has 3 aromatic rings. The van der Waals surface area contributed by atoms with Crippen LogP contribution >= 0.6 is 0 Å². The minimum absolute atomic E-state index is 0.0119. The van der Waals surface area contributed by atoms with Gasteiger partial charge in [-0.2, -0.15) is 9.61 Å². The molecule has 3 N–H and O–H groups in total. The first-order valence-electron chi connectivity index (χ1n) is 13.2. The summed E-state index contributed by atoms with van der Waals surface area (Å²) in [5.41, 5.74) is 4.46. The van der Waals surface area contributed by atoms with E-state index >= 15 is 0 Å². The molecule has 3 aliphatic rings. The molecule has 190 valence electrons. The Balaban J connectivity index is 1.26. The van der Waals surface area contributed by atoms with Gasteiger partial charge in [-0.15, -0.1) is 0 Å². The number of benzene rings is 1. The van der Waals surface area contributed by atoms with Crippen LogP contribution in [0.4, 0.5) is 11.6 Å². The van der Waals surface area contributed by atoms with Crippen LogP contribution in [0.5, 0.6) is 0 Å². The lowest BCUT2D eigenvalue weighted by atomic mass is 10.0. The third-order valence-corrected chi connectivity index (χ3v) is 7.27. The topological polar surface area (TPSA) is 95.8 Å². The first-order valence-corrected chi connectivity index (χ1v) is 13.2. The van der Waals surface area contributed by atoms with Gasteiger partial charge >= 0.3 is 0 Å². The van der Waals surface area contributed by atoms with E-state index in [9.17, 15) is 4.79 Å². The number of amides is 1. The van der Waals surface area contributed by atoms with Gasteiger partial charge in [0, 0.05) is 56.0 Å². The molecule has 2 saturated carbocycles. The molecule has 0 unspecified atom stereocenters. The summed E-state index contributed by atoms with van der Waals surface area (Å²) in [4.78, 5) is 20.0. The highest BCUT2D eigenvalue weighted by Gasteiger charge is 2.25. The minimum atomic E-state index is 0.0119. The molecule has 2 aromatic heterocycles. The monoisotopic (exact) mass is 489 g/mol. The van der Waals surface area contributed by atoms with E-state index in [-0.39, 0.29) is 5.91 Å². The third-order valence-electron chi connectivity index (χ3n) is 7.27. The molecule has 0 atom stereocenters. The number of aromatic nitrogens is 3. The number of nitrogens with zero attached hydrogens (tertiary/aromatic N) is 4. The standard InChI is InChI=1S/C27H35N7O2/c1-18-14-20(4-7-22(18)27(35)31-21-5-6-21)23-17-30-34-25(28-8-9-33-10-12-36-13-11-33)15-24(32-26(23)34)29-16-19-2-3-19/h4,7,14-15,17,19,21,28H,2-3,5-6,8-13,16H2,1H3,(H,29,32)(H,31,35). The molecule has 0 radical (unpaired) electrons. The molecule has 1 aromatic carbocycles. The number of fused-ring (bicyclic) bond motifs is 1. The van der Waals surface area contributed by atoms with Gasteiger partial charge in [0.25, 0.3) is 5.91 Å². The van der Waals surface area contributed by atoms with Crippen molar-refractivity contribution < 1.29 is 9.53 Å².